The van der Waals surface area contributed by atoms with Crippen LogP contribution in [-0.2, 0) is 4.79 Å². The van der Waals surface area contributed by atoms with Crippen molar-refractivity contribution in [3.05, 3.63) is 33.8 Å². The Kier molecular flexibility index (Phi) is 7.61. The van der Waals surface area contributed by atoms with Crippen LogP contribution in [0.5, 0.6) is 0 Å². The normalized spacial score (nSPS) is 20.1. The molecular formula is C15H20Cl3N3O2. The van der Waals surface area contributed by atoms with Gasteiger partial charge in [-0.15, -0.1) is 12.4 Å². The Hall–Kier alpha value is -1.01. The van der Waals surface area contributed by atoms with Gasteiger partial charge in [0.2, 0.25) is 5.91 Å². The smallest absolute Gasteiger partial charge is 0.251 e. The fourth-order valence-electron chi connectivity index (χ4n) is 2.66. The topological polar surface area (TPSA) is 75.4 Å². The van der Waals surface area contributed by atoms with Gasteiger partial charge < -0.3 is 16.0 Å². The predicted molar refractivity (Wildman–Crippen MR) is 94.4 cm³/mol. The molecule has 1 fully saturated rings. The van der Waals surface area contributed by atoms with Gasteiger partial charge in [-0.2, -0.15) is 0 Å². The SMILES string of the molecule is CC1CC(CN)CN1C(=O)CNC(=O)c1ccc(Cl)c(Cl)c1.Cl. The zero-order chi connectivity index (χ0) is 16.3. The first-order chi connectivity index (χ1) is 10.4. The number of rotatable bonds is 4. The van der Waals surface area contributed by atoms with Crippen LogP contribution in [0, 0.1) is 5.92 Å². The Labute approximate surface area is 151 Å². The van der Waals surface area contributed by atoms with Crippen LogP contribution in [0.25, 0.3) is 0 Å². The molecule has 0 aromatic heterocycles. The zero-order valence-corrected chi connectivity index (χ0v) is 15.0. The van der Waals surface area contributed by atoms with Gasteiger partial charge in [0.05, 0.1) is 16.6 Å². The summed E-state index contributed by atoms with van der Waals surface area (Å²) in [5, 5.41) is 3.30. The van der Waals surface area contributed by atoms with E-state index in [0.717, 1.165) is 6.42 Å². The van der Waals surface area contributed by atoms with E-state index in [1.165, 1.54) is 6.07 Å². The molecule has 1 aliphatic rings. The minimum atomic E-state index is -0.353. The van der Waals surface area contributed by atoms with Crippen molar-refractivity contribution in [3.8, 4) is 0 Å². The lowest BCUT2D eigenvalue weighted by molar-refractivity contribution is -0.130. The minimum absolute atomic E-state index is 0. The first-order valence-electron chi connectivity index (χ1n) is 7.15. The number of nitrogens with two attached hydrogens (primary N) is 1. The van der Waals surface area contributed by atoms with Gasteiger partial charge >= 0.3 is 0 Å². The van der Waals surface area contributed by atoms with E-state index in [2.05, 4.69) is 5.32 Å². The van der Waals surface area contributed by atoms with Crippen molar-refractivity contribution in [3.63, 3.8) is 0 Å². The van der Waals surface area contributed by atoms with Crippen molar-refractivity contribution in [2.45, 2.75) is 19.4 Å². The average molecular weight is 381 g/mol. The second-order valence-corrected chi connectivity index (χ2v) is 6.36. The fraction of sp³-hybridized carbons (Fsp3) is 0.467. The third-order valence-electron chi connectivity index (χ3n) is 3.90. The van der Waals surface area contributed by atoms with Gasteiger partial charge in [0.25, 0.3) is 5.91 Å². The average Bonchev–Trinajstić information content (AvgIpc) is 2.88. The molecule has 1 aromatic rings. The maximum Gasteiger partial charge on any atom is 0.251 e. The standard InChI is InChI=1S/C15H19Cl2N3O2.ClH/c1-9-4-10(6-18)8-20(9)14(21)7-19-15(22)11-2-3-12(16)13(17)5-11;/h2-3,5,9-10H,4,6-8,18H2,1H3,(H,19,22);1H. The molecule has 1 heterocycles. The molecule has 2 atom stereocenters. The summed E-state index contributed by atoms with van der Waals surface area (Å²) in [5.74, 6) is -0.115. The molecule has 2 rings (SSSR count). The van der Waals surface area contributed by atoms with Crippen LogP contribution in [0.15, 0.2) is 18.2 Å². The van der Waals surface area contributed by atoms with Crippen molar-refractivity contribution < 1.29 is 9.59 Å². The Morgan fingerprint density at radius 3 is 2.61 bits per heavy atom. The van der Waals surface area contributed by atoms with E-state index < -0.39 is 0 Å². The summed E-state index contributed by atoms with van der Waals surface area (Å²) in [6, 6.07) is 4.75. The highest BCUT2D eigenvalue weighted by atomic mass is 35.5. The molecule has 3 N–H and O–H groups in total. The number of hydrogen-bond acceptors (Lipinski definition) is 3. The summed E-state index contributed by atoms with van der Waals surface area (Å²) in [4.78, 5) is 26.0. The molecule has 0 saturated carbocycles. The molecular weight excluding hydrogens is 361 g/mol. The summed E-state index contributed by atoms with van der Waals surface area (Å²) >= 11 is 11.7. The Morgan fingerprint density at radius 2 is 2.04 bits per heavy atom. The number of amides is 2. The number of likely N-dealkylation sites (tertiary alicyclic amines) is 1. The second-order valence-electron chi connectivity index (χ2n) is 5.54. The van der Waals surface area contributed by atoms with Crippen molar-refractivity contribution in [2.24, 2.45) is 11.7 Å². The highest BCUT2D eigenvalue weighted by Crippen LogP contribution is 2.23. The van der Waals surface area contributed by atoms with Gasteiger partial charge in [-0.3, -0.25) is 9.59 Å². The zero-order valence-electron chi connectivity index (χ0n) is 12.7. The Balaban J connectivity index is 0.00000264. The summed E-state index contributed by atoms with van der Waals surface area (Å²) in [6.45, 7) is 3.18. The number of carbonyl (C=O) groups excluding carboxylic acids is 2. The molecule has 2 unspecified atom stereocenters. The highest BCUT2D eigenvalue weighted by Gasteiger charge is 2.31. The van der Waals surface area contributed by atoms with Crippen molar-refractivity contribution >= 4 is 47.4 Å². The summed E-state index contributed by atoms with van der Waals surface area (Å²) in [6.07, 6.45) is 0.906. The third-order valence-corrected chi connectivity index (χ3v) is 4.64. The van der Waals surface area contributed by atoms with Crippen LogP contribution in [0.4, 0.5) is 0 Å². The van der Waals surface area contributed by atoms with Gasteiger partial charge in [0, 0.05) is 18.2 Å². The van der Waals surface area contributed by atoms with E-state index in [1.54, 1.807) is 17.0 Å². The molecule has 2 amide bonds. The number of benzene rings is 1. The van der Waals surface area contributed by atoms with E-state index in [1.807, 2.05) is 6.92 Å². The Morgan fingerprint density at radius 1 is 1.35 bits per heavy atom. The lowest BCUT2D eigenvalue weighted by atomic mass is 10.1. The third kappa shape index (κ3) is 4.98. The maximum absolute atomic E-state index is 12.2. The minimum Gasteiger partial charge on any atom is -0.343 e. The number of halogens is 3. The summed E-state index contributed by atoms with van der Waals surface area (Å²) < 4.78 is 0. The number of hydrogen-bond donors (Lipinski definition) is 2. The molecule has 0 spiro atoms. The van der Waals surface area contributed by atoms with Gasteiger partial charge in [0.15, 0.2) is 0 Å². The quantitative estimate of drug-likeness (QED) is 0.842. The Bertz CT molecular complexity index is 583. The van der Waals surface area contributed by atoms with E-state index in [4.69, 9.17) is 28.9 Å². The molecule has 1 aliphatic heterocycles. The molecule has 1 aromatic carbocycles. The lowest BCUT2D eigenvalue weighted by Crippen LogP contribution is -2.42. The molecule has 0 bridgehead atoms. The fourth-order valence-corrected chi connectivity index (χ4v) is 2.96. The maximum atomic E-state index is 12.2. The van der Waals surface area contributed by atoms with E-state index in [0.29, 0.717) is 34.6 Å². The molecule has 0 aliphatic carbocycles. The number of nitrogens with zero attached hydrogens (tertiary/aromatic N) is 1. The molecule has 128 valence electrons. The van der Waals surface area contributed by atoms with Gasteiger partial charge in [-0.05, 0) is 44.0 Å². The van der Waals surface area contributed by atoms with Gasteiger partial charge in [-0.25, -0.2) is 0 Å². The first kappa shape index (κ1) is 20.0. The largest absolute Gasteiger partial charge is 0.343 e. The van der Waals surface area contributed by atoms with Crippen LogP contribution in [0.3, 0.4) is 0 Å². The van der Waals surface area contributed by atoms with Crippen LogP contribution in [-0.4, -0.2) is 42.4 Å². The summed E-state index contributed by atoms with van der Waals surface area (Å²) in [5.41, 5.74) is 6.02. The van der Waals surface area contributed by atoms with Crippen molar-refractivity contribution in [2.75, 3.05) is 19.6 Å². The molecule has 23 heavy (non-hydrogen) atoms. The van der Waals surface area contributed by atoms with Crippen LogP contribution in [0.1, 0.15) is 23.7 Å². The van der Waals surface area contributed by atoms with Gasteiger partial charge in [-0.1, -0.05) is 23.2 Å². The predicted octanol–water partition coefficient (Wildman–Crippen LogP) is 2.34. The molecule has 8 heteroatoms. The summed E-state index contributed by atoms with van der Waals surface area (Å²) in [7, 11) is 0. The number of carbonyl (C=O) groups is 2. The van der Waals surface area contributed by atoms with Crippen molar-refractivity contribution in [1.82, 2.24) is 10.2 Å². The first-order valence-corrected chi connectivity index (χ1v) is 7.90. The monoisotopic (exact) mass is 379 g/mol. The molecule has 5 nitrogen and oxygen atoms in total. The van der Waals surface area contributed by atoms with Crippen molar-refractivity contribution in [1.29, 1.82) is 0 Å². The number of nitrogens with one attached hydrogen (secondary N) is 1. The highest BCUT2D eigenvalue weighted by molar-refractivity contribution is 6.42. The van der Waals surface area contributed by atoms with E-state index in [9.17, 15) is 9.59 Å². The van der Waals surface area contributed by atoms with Crippen LogP contribution >= 0.6 is 35.6 Å². The van der Waals surface area contributed by atoms with E-state index in [-0.39, 0.29) is 36.8 Å². The lowest BCUT2D eigenvalue weighted by Gasteiger charge is -2.21. The van der Waals surface area contributed by atoms with E-state index >= 15 is 0 Å². The molecule has 0 radical (unpaired) electrons. The van der Waals surface area contributed by atoms with Gasteiger partial charge in [0.1, 0.15) is 0 Å². The second kappa shape index (κ2) is 8.73. The molecule has 1 saturated heterocycles. The van der Waals surface area contributed by atoms with Crippen LogP contribution < -0.4 is 11.1 Å². The van der Waals surface area contributed by atoms with Crippen LogP contribution in [0.2, 0.25) is 10.0 Å².